The first-order chi connectivity index (χ1) is 8.04. The van der Waals surface area contributed by atoms with Crippen LogP contribution in [0.2, 0.25) is 0 Å². The van der Waals surface area contributed by atoms with Crippen LogP contribution >= 0.6 is 0 Å². The molecule has 3 heteroatoms. The Labute approximate surface area is 103 Å². The second-order valence-corrected chi connectivity index (χ2v) is 4.50. The van der Waals surface area contributed by atoms with Gasteiger partial charge in [0.1, 0.15) is 12.4 Å². The lowest BCUT2D eigenvalue weighted by Gasteiger charge is -2.18. The summed E-state index contributed by atoms with van der Waals surface area (Å²) < 4.78 is 10.4. The van der Waals surface area contributed by atoms with Crippen molar-refractivity contribution in [3.05, 3.63) is 29.8 Å². The summed E-state index contributed by atoms with van der Waals surface area (Å²) in [6.07, 6.45) is 0. The van der Waals surface area contributed by atoms with Crippen LogP contribution in [0.3, 0.4) is 0 Å². The standard InChI is InChI=1S/C14H20O3/c1-10(2)13(14(15)16-4)9-17-12-7-5-11(3)6-8-12/h5-8,10,13H,9H2,1-4H3. The maximum atomic E-state index is 11.5. The molecule has 1 aromatic carbocycles. The molecule has 0 aliphatic rings. The van der Waals surface area contributed by atoms with E-state index in [1.807, 2.05) is 45.0 Å². The van der Waals surface area contributed by atoms with Crippen LogP contribution in [0.4, 0.5) is 0 Å². The third-order valence-corrected chi connectivity index (χ3v) is 2.76. The summed E-state index contributed by atoms with van der Waals surface area (Å²) in [5.41, 5.74) is 1.19. The predicted molar refractivity (Wildman–Crippen MR) is 67.0 cm³/mol. The summed E-state index contributed by atoms with van der Waals surface area (Å²) >= 11 is 0. The second kappa shape index (κ2) is 6.28. The van der Waals surface area contributed by atoms with E-state index in [0.29, 0.717) is 6.61 Å². The normalized spacial score (nSPS) is 12.3. The van der Waals surface area contributed by atoms with Crippen molar-refractivity contribution in [1.29, 1.82) is 0 Å². The number of hydrogen-bond donors (Lipinski definition) is 0. The smallest absolute Gasteiger partial charge is 0.312 e. The predicted octanol–water partition coefficient (Wildman–Crippen LogP) is 2.82. The van der Waals surface area contributed by atoms with Gasteiger partial charge in [0, 0.05) is 0 Å². The van der Waals surface area contributed by atoms with Crippen molar-refractivity contribution in [2.24, 2.45) is 11.8 Å². The summed E-state index contributed by atoms with van der Waals surface area (Å²) in [4.78, 5) is 11.5. The SMILES string of the molecule is COC(=O)C(COc1ccc(C)cc1)C(C)C. The minimum Gasteiger partial charge on any atom is -0.493 e. The molecule has 0 aromatic heterocycles. The van der Waals surface area contributed by atoms with E-state index < -0.39 is 0 Å². The number of rotatable bonds is 5. The van der Waals surface area contributed by atoms with Crippen LogP contribution in [-0.2, 0) is 9.53 Å². The number of carbonyl (C=O) groups is 1. The average Bonchev–Trinajstić information content (AvgIpc) is 2.31. The number of hydrogen-bond acceptors (Lipinski definition) is 3. The Kier molecular flexibility index (Phi) is 5.01. The highest BCUT2D eigenvalue weighted by Crippen LogP contribution is 2.17. The van der Waals surface area contributed by atoms with Gasteiger partial charge in [-0.15, -0.1) is 0 Å². The first-order valence-corrected chi connectivity index (χ1v) is 5.82. The van der Waals surface area contributed by atoms with Crippen molar-refractivity contribution in [3.8, 4) is 5.75 Å². The molecule has 3 nitrogen and oxygen atoms in total. The van der Waals surface area contributed by atoms with Crippen molar-refractivity contribution >= 4 is 5.97 Å². The molecule has 0 N–H and O–H groups in total. The molecule has 0 heterocycles. The van der Waals surface area contributed by atoms with E-state index in [1.54, 1.807) is 0 Å². The van der Waals surface area contributed by atoms with Gasteiger partial charge in [0.15, 0.2) is 0 Å². The van der Waals surface area contributed by atoms with Gasteiger partial charge in [0.25, 0.3) is 0 Å². The van der Waals surface area contributed by atoms with Crippen LogP contribution in [0.15, 0.2) is 24.3 Å². The van der Waals surface area contributed by atoms with E-state index in [1.165, 1.54) is 12.7 Å². The minimum atomic E-state index is -0.221. The third-order valence-electron chi connectivity index (χ3n) is 2.76. The van der Waals surface area contributed by atoms with Crippen LogP contribution < -0.4 is 4.74 Å². The fourth-order valence-electron chi connectivity index (χ4n) is 1.50. The molecular weight excluding hydrogens is 216 g/mol. The molecule has 0 aliphatic heterocycles. The molecule has 17 heavy (non-hydrogen) atoms. The van der Waals surface area contributed by atoms with Crippen LogP contribution in [0, 0.1) is 18.8 Å². The molecule has 0 aliphatic carbocycles. The molecule has 1 unspecified atom stereocenters. The zero-order valence-corrected chi connectivity index (χ0v) is 10.9. The third kappa shape index (κ3) is 4.10. The molecule has 1 aromatic rings. The Morgan fingerprint density at radius 3 is 2.29 bits per heavy atom. The summed E-state index contributed by atoms with van der Waals surface area (Å²) in [5.74, 6) is 0.548. The summed E-state index contributed by atoms with van der Waals surface area (Å²) in [6.45, 7) is 6.35. The molecule has 0 amide bonds. The van der Waals surface area contributed by atoms with Crippen molar-refractivity contribution < 1.29 is 14.3 Å². The molecule has 94 valence electrons. The van der Waals surface area contributed by atoms with Gasteiger partial charge in [-0.25, -0.2) is 0 Å². The lowest BCUT2D eigenvalue weighted by atomic mass is 9.97. The topological polar surface area (TPSA) is 35.5 Å². The molecule has 0 spiro atoms. The fraction of sp³-hybridized carbons (Fsp3) is 0.500. The number of benzene rings is 1. The van der Waals surface area contributed by atoms with E-state index >= 15 is 0 Å². The maximum Gasteiger partial charge on any atom is 0.312 e. The lowest BCUT2D eigenvalue weighted by molar-refractivity contribution is -0.148. The highest BCUT2D eigenvalue weighted by atomic mass is 16.5. The molecular formula is C14H20O3. The Hall–Kier alpha value is -1.51. The van der Waals surface area contributed by atoms with Crippen molar-refractivity contribution in [3.63, 3.8) is 0 Å². The molecule has 1 rings (SSSR count). The molecule has 0 bridgehead atoms. The molecule has 1 atom stereocenters. The Morgan fingerprint density at radius 1 is 1.24 bits per heavy atom. The van der Waals surface area contributed by atoms with E-state index in [-0.39, 0.29) is 17.8 Å². The monoisotopic (exact) mass is 236 g/mol. The first kappa shape index (κ1) is 13.6. The fourth-order valence-corrected chi connectivity index (χ4v) is 1.50. The van der Waals surface area contributed by atoms with Crippen LogP contribution in [0.1, 0.15) is 19.4 Å². The van der Waals surface area contributed by atoms with E-state index in [0.717, 1.165) is 5.75 Å². The number of methoxy groups -OCH3 is 1. The van der Waals surface area contributed by atoms with Gasteiger partial charge in [-0.1, -0.05) is 31.5 Å². The van der Waals surface area contributed by atoms with Crippen molar-refractivity contribution in [2.45, 2.75) is 20.8 Å². The van der Waals surface area contributed by atoms with Gasteiger partial charge in [-0.2, -0.15) is 0 Å². The van der Waals surface area contributed by atoms with Gasteiger partial charge in [0.2, 0.25) is 0 Å². The highest BCUT2D eigenvalue weighted by Gasteiger charge is 2.23. The molecule has 0 radical (unpaired) electrons. The Bertz CT molecular complexity index is 354. The van der Waals surface area contributed by atoms with E-state index in [4.69, 9.17) is 9.47 Å². The Balaban J connectivity index is 2.58. The highest BCUT2D eigenvalue weighted by molar-refractivity contribution is 5.72. The lowest BCUT2D eigenvalue weighted by Crippen LogP contribution is -2.27. The van der Waals surface area contributed by atoms with Crippen molar-refractivity contribution in [1.82, 2.24) is 0 Å². The molecule has 0 saturated heterocycles. The van der Waals surface area contributed by atoms with Gasteiger partial charge < -0.3 is 9.47 Å². The van der Waals surface area contributed by atoms with Gasteiger partial charge in [-0.05, 0) is 25.0 Å². The number of esters is 1. The van der Waals surface area contributed by atoms with E-state index in [2.05, 4.69) is 0 Å². The van der Waals surface area contributed by atoms with E-state index in [9.17, 15) is 4.79 Å². The molecule has 0 saturated carbocycles. The van der Waals surface area contributed by atoms with Gasteiger partial charge in [-0.3, -0.25) is 4.79 Å². The zero-order chi connectivity index (χ0) is 12.8. The first-order valence-electron chi connectivity index (χ1n) is 5.82. The zero-order valence-electron chi connectivity index (χ0n) is 10.9. The number of aryl methyl sites for hydroxylation is 1. The molecule has 0 fully saturated rings. The van der Waals surface area contributed by atoms with Crippen LogP contribution in [0.5, 0.6) is 5.75 Å². The van der Waals surface area contributed by atoms with Gasteiger partial charge >= 0.3 is 5.97 Å². The average molecular weight is 236 g/mol. The quantitative estimate of drug-likeness (QED) is 0.737. The minimum absolute atomic E-state index is 0.202. The van der Waals surface area contributed by atoms with Crippen molar-refractivity contribution in [2.75, 3.05) is 13.7 Å². The van der Waals surface area contributed by atoms with Crippen LogP contribution in [0.25, 0.3) is 0 Å². The number of carbonyl (C=O) groups excluding carboxylic acids is 1. The Morgan fingerprint density at radius 2 is 1.82 bits per heavy atom. The summed E-state index contributed by atoms with van der Waals surface area (Å²) in [5, 5.41) is 0. The second-order valence-electron chi connectivity index (χ2n) is 4.50. The van der Waals surface area contributed by atoms with Gasteiger partial charge in [0.05, 0.1) is 13.0 Å². The summed E-state index contributed by atoms with van der Waals surface area (Å²) in [6, 6.07) is 7.78. The maximum absolute atomic E-state index is 11.5. The van der Waals surface area contributed by atoms with Crippen LogP contribution in [-0.4, -0.2) is 19.7 Å². The summed E-state index contributed by atoms with van der Waals surface area (Å²) in [7, 11) is 1.41. The largest absolute Gasteiger partial charge is 0.493 e. The number of ether oxygens (including phenoxy) is 2.